The molecule has 0 atom stereocenters. The van der Waals surface area contributed by atoms with Gasteiger partial charge in [-0.3, -0.25) is 4.79 Å². The normalized spacial score (nSPS) is 19.5. The van der Waals surface area contributed by atoms with E-state index in [4.69, 9.17) is 0 Å². The molecule has 1 saturated heterocycles. The van der Waals surface area contributed by atoms with Crippen molar-refractivity contribution in [3.8, 4) is 0 Å². The largest absolute Gasteiger partial charge is 0.370 e. The zero-order chi connectivity index (χ0) is 17.9. The molecule has 138 valence electrons. The maximum absolute atomic E-state index is 12.3. The number of amides is 1. The van der Waals surface area contributed by atoms with Crippen molar-refractivity contribution < 1.29 is 13.2 Å². The summed E-state index contributed by atoms with van der Waals surface area (Å²) in [4.78, 5) is 14.7. The number of sulfonamides is 1. The summed E-state index contributed by atoms with van der Waals surface area (Å²) < 4.78 is 24.5. The summed E-state index contributed by atoms with van der Waals surface area (Å²) in [7, 11) is -3.14. The second-order valence-electron chi connectivity index (χ2n) is 6.95. The molecule has 1 amide bonds. The fraction of sp³-hybridized carbons (Fsp3) is 0.611. The number of aryl methyl sites for hydroxylation is 1. The van der Waals surface area contributed by atoms with E-state index in [0.717, 1.165) is 25.9 Å². The third kappa shape index (κ3) is 4.52. The van der Waals surface area contributed by atoms with Crippen LogP contribution in [0.4, 0.5) is 5.69 Å². The predicted octanol–water partition coefficient (Wildman–Crippen LogP) is 1.23. The van der Waals surface area contributed by atoms with Crippen molar-refractivity contribution in [3.05, 3.63) is 29.8 Å². The minimum atomic E-state index is -3.14. The van der Waals surface area contributed by atoms with Gasteiger partial charge in [0.15, 0.2) is 0 Å². The Morgan fingerprint density at radius 3 is 2.64 bits per heavy atom. The van der Waals surface area contributed by atoms with E-state index < -0.39 is 10.0 Å². The first kappa shape index (κ1) is 18.2. The van der Waals surface area contributed by atoms with Gasteiger partial charge in [-0.1, -0.05) is 18.2 Å². The molecule has 2 heterocycles. The molecule has 1 N–H and O–H groups in total. The van der Waals surface area contributed by atoms with Crippen LogP contribution >= 0.6 is 0 Å². The Bertz CT molecular complexity index is 712. The number of carbonyl (C=O) groups excluding carboxylic acids is 1. The van der Waals surface area contributed by atoms with Gasteiger partial charge in [0.2, 0.25) is 15.9 Å². The summed E-state index contributed by atoms with van der Waals surface area (Å²) in [5.41, 5.74) is 2.66. The standard InChI is InChI=1S/C18H27N3O3S/c1-25(23,24)21-12-8-16(9-13-21)18(22)19-10-14-20-11-4-6-15-5-2-3-7-17(15)20/h2-3,5,7,16H,4,6,8-14H2,1H3,(H,19,22). The lowest BCUT2D eigenvalue weighted by atomic mass is 9.97. The van der Waals surface area contributed by atoms with Crippen LogP contribution in [0.3, 0.4) is 0 Å². The first-order valence-corrected chi connectivity index (χ1v) is 10.9. The molecule has 0 aromatic heterocycles. The number of hydrogen-bond donors (Lipinski definition) is 1. The second kappa shape index (κ2) is 7.74. The van der Waals surface area contributed by atoms with Crippen LogP contribution in [-0.4, -0.2) is 57.6 Å². The van der Waals surface area contributed by atoms with Crippen molar-refractivity contribution in [1.29, 1.82) is 0 Å². The summed E-state index contributed by atoms with van der Waals surface area (Å²) in [6, 6.07) is 8.46. The highest BCUT2D eigenvalue weighted by atomic mass is 32.2. The Morgan fingerprint density at radius 1 is 1.20 bits per heavy atom. The molecule has 0 spiro atoms. The van der Waals surface area contributed by atoms with Crippen LogP contribution in [0.25, 0.3) is 0 Å². The van der Waals surface area contributed by atoms with Crippen LogP contribution in [0.5, 0.6) is 0 Å². The number of rotatable bonds is 5. The molecule has 0 radical (unpaired) electrons. The highest BCUT2D eigenvalue weighted by Gasteiger charge is 2.28. The number of hydrogen-bond acceptors (Lipinski definition) is 4. The Morgan fingerprint density at radius 2 is 1.92 bits per heavy atom. The SMILES string of the molecule is CS(=O)(=O)N1CCC(C(=O)NCCN2CCCc3ccccc32)CC1. The number of para-hydroxylation sites is 1. The van der Waals surface area contributed by atoms with Crippen molar-refractivity contribution in [2.45, 2.75) is 25.7 Å². The molecule has 0 bridgehead atoms. The smallest absolute Gasteiger partial charge is 0.223 e. The number of anilines is 1. The number of nitrogens with zero attached hydrogens (tertiary/aromatic N) is 2. The van der Waals surface area contributed by atoms with Crippen molar-refractivity contribution in [2.75, 3.05) is 43.9 Å². The molecule has 6 nitrogen and oxygen atoms in total. The quantitative estimate of drug-likeness (QED) is 0.852. The zero-order valence-corrected chi connectivity index (χ0v) is 15.6. The Balaban J connectivity index is 1.45. The molecule has 0 unspecified atom stereocenters. The van der Waals surface area contributed by atoms with Crippen LogP contribution in [0, 0.1) is 5.92 Å². The number of carbonyl (C=O) groups is 1. The van der Waals surface area contributed by atoms with Crippen LogP contribution in [-0.2, 0) is 21.2 Å². The van der Waals surface area contributed by atoms with Gasteiger partial charge in [0, 0.05) is 44.3 Å². The van der Waals surface area contributed by atoms with Gasteiger partial charge in [-0.05, 0) is 37.3 Å². The van der Waals surface area contributed by atoms with Crippen LogP contribution in [0.1, 0.15) is 24.8 Å². The molecular weight excluding hydrogens is 338 g/mol. The van der Waals surface area contributed by atoms with Gasteiger partial charge in [0.05, 0.1) is 6.26 Å². The summed E-state index contributed by atoms with van der Waals surface area (Å²) in [6.45, 7) is 3.34. The first-order chi connectivity index (χ1) is 11.9. The molecule has 1 aromatic carbocycles. The molecule has 25 heavy (non-hydrogen) atoms. The highest BCUT2D eigenvalue weighted by Crippen LogP contribution is 2.26. The van der Waals surface area contributed by atoms with E-state index >= 15 is 0 Å². The van der Waals surface area contributed by atoms with Gasteiger partial charge in [0.1, 0.15) is 0 Å². The fourth-order valence-corrected chi connectivity index (χ4v) is 4.63. The minimum absolute atomic E-state index is 0.0541. The lowest BCUT2D eigenvalue weighted by Crippen LogP contribution is -2.44. The maximum atomic E-state index is 12.3. The Hall–Kier alpha value is -1.60. The van der Waals surface area contributed by atoms with Crippen LogP contribution in [0.15, 0.2) is 24.3 Å². The van der Waals surface area contributed by atoms with Gasteiger partial charge in [0.25, 0.3) is 0 Å². The lowest BCUT2D eigenvalue weighted by Gasteiger charge is -2.32. The number of benzene rings is 1. The van der Waals surface area contributed by atoms with E-state index in [-0.39, 0.29) is 11.8 Å². The summed E-state index contributed by atoms with van der Waals surface area (Å²) >= 11 is 0. The Kier molecular flexibility index (Phi) is 5.64. The zero-order valence-electron chi connectivity index (χ0n) is 14.8. The third-order valence-electron chi connectivity index (χ3n) is 5.18. The highest BCUT2D eigenvalue weighted by molar-refractivity contribution is 7.88. The summed E-state index contributed by atoms with van der Waals surface area (Å²) in [6.07, 6.45) is 4.70. The first-order valence-electron chi connectivity index (χ1n) is 9.01. The topological polar surface area (TPSA) is 69.7 Å². The molecule has 2 aliphatic heterocycles. The number of piperidine rings is 1. The molecule has 3 rings (SSSR count). The molecule has 1 fully saturated rings. The van der Waals surface area contributed by atoms with E-state index in [1.54, 1.807) is 0 Å². The van der Waals surface area contributed by atoms with E-state index in [2.05, 4.69) is 34.5 Å². The Labute approximate surface area is 150 Å². The predicted molar refractivity (Wildman–Crippen MR) is 99.1 cm³/mol. The molecule has 7 heteroatoms. The minimum Gasteiger partial charge on any atom is -0.370 e. The molecule has 0 aliphatic carbocycles. The molecule has 1 aromatic rings. The van der Waals surface area contributed by atoms with Gasteiger partial charge in [-0.2, -0.15) is 0 Å². The van der Waals surface area contributed by atoms with Gasteiger partial charge in [-0.25, -0.2) is 12.7 Å². The average Bonchev–Trinajstić information content (AvgIpc) is 2.61. The lowest BCUT2D eigenvalue weighted by molar-refractivity contribution is -0.126. The third-order valence-corrected chi connectivity index (χ3v) is 6.48. The van der Waals surface area contributed by atoms with Crippen molar-refractivity contribution >= 4 is 21.6 Å². The number of nitrogens with one attached hydrogen (secondary N) is 1. The molecule has 0 saturated carbocycles. The van der Waals surface area contributed by atoms with Crippen LogP contribution < -0.4 is 10.2 Å². The molecular formula is C18H27N3O3S. The van der Waals surface area contributed by atoms with Crippen molar-refractivity contribution in [1.82, 2.24) is 9.62 Å². The van der Waals surface area contributed by atoms with E-state index in [1.807, 2.05) is 0 Å². The summed E-state index contributed by atoms with van der Waals surface area (Å²) in [5.74, 6) is -0.0231. The van der Waals surface area contributed by atoms with E-state index in [9.17, 15) is 13.2 Å². The van der Waals surface area contributed by atoms with Gasteiger partial charge >= 0.3 is 0 Å². The van der Waals surface area contributed by atoms with E-state index in [0.29, 0.717) is 32.5 Å². The maximum Gasteiger partial charge on any atom is 0.223 e. The number of fused-ring (bicyclic) bond motifs is 1. The van der Waals surface area contributed by atoms with E-state index in [1.165, 1.54) is 21.8 Å². The van der Waals surface area contributed by atoms with Crippen LogP contribution in [0.2, 0.25) is 0 Å². The van der Waals surface area contributed by atoms with Gasteiger partial charge in [-0.15, -0.1) is 0 Å². The van der Waals surface area contributed by atoms with Crippen molar-refractivity contribution in [3.63, 3.8) is 0 Å². The van der Waals surface area contributed by atoms with Crippen molar-refractivity contribution in [2.24, 2.45) is 5.92 Å². The molecule has 2 aliphatic rings. The van der Waals surface area contributed by atoms with Gasteiger partial charge < -0.3 is 10.2 Å². The summed E-state index contributed by atoms with van der Waals surface area (Å²) in [5, 5.41) is 3.04. The average molecular weight is 365 g/mol. The fourth-order valence-electron chi connectivity index (χ4n) is 3.75. The monoisotopic (exact) mass is 365 g/mol. The second-order valence-corrected chi connectivity index (χ2v) is 8.93.